The molecule has 2 aliphatic rings. The molecule has 0 aromatic carbocycles. The van der Waals surface area contributed by atoms with Crippen molar-refractivity contribution >= 4 is 11.8 Å². The molecule has 0 radical (unpaired) electrons. The van der Waals surface area contributed by atoms with Gasteiger partial charge in [0.15, 0.2) is 0 Å². The molecule has 2 heterocycles. The molecular weight excluding hydrogens is 166 g/mol. The van der Waals surface area contributed by atoms with Crippen molar-refractivity contribution in [1.29, 1.82) is 0 Å². The van der Waals surface area contributed by atoms with E-state index in [0.29, 0.717) is 0 Å². The summed E-state index contributed by atoms with van der Waals surface area (Å²) in [5, 5.41) is 4.35. The molecule has 68 valence electrons. The van der Waals surface area contributed by atoms with Crippen molar-refractivity contribution in [2.24, 2.45) is 11.8 Å². The Hall–Kier alpha value is -0.110. The van der Waals surface area contributed by atoms with E-state index in [2.05, 4.69) is 37.5 Å². The van der Waals surface area contributed by atoms with Crippen LogP contribution < -0.4 is 5.32 Å². The fraction of sp³-hybridized carbons (Fsp3) is 0.800. The normalized spacial score (nSPS) is 40.2. The van der Waals surface area contributed by atoms with Crippen molar-refractivity contribution in [3.8, 4) is 0 Å². The molecule has 1 N–H and O–H groups in total. The predicted octanol–water partition coefficient (Wildman–Crippen LogP) is 2.25. The Morgan fingerprint density at radius 3 is 3.00 bits per heavy atom. The summed E-state index contributed by atoms with van der Waals surface area (Å²) < 4.78 is 0. The third-order valence-electron chi connectivity index (χ3n) is 2.94. The molecule has 3 atom stereocenters. The first-order valence-corrected chi connectivity index (χ1v) is 5.79. The highest BCUT2D eigenvalue weighted by Gasteiger charge is 2.42. The van der Waals surface area contributed by atoms with Gasteiger partial charge in [0, 0.05) is 22.7 Å². The van der Waals surface area contributed by atoms with E-state index in [1.165, 1.54) is 17.9 Å². The first kappa shape index (κ1) is 8.49. The summed E-state index contributed by atoms with van der Waals surface area (Å²) in [4.78, 5) is 0. The van der Waals surface area contributed by atoms with Crippen molar-refractivity contribution in [2.45, 2.75) is 31.6 Å². The molecule has 0 bridgehead atoms. The highest BCUT2D eigenvalue weighted by molar-refractivity contribution is 8.00. The largest absolute Gasteiger partial charge is 0.385 e. The second-order valence-electron chi connectivity index (χ2n) is 4.26. The van der Waals surface area contributed by atoms with Gasteiger partial charge in [-0.3, -0.25) is 0 Å². The second kappa shape index (κ2) is 2.99. The van der Waals surface area contributed by atoms with Crippen molar-refractivity contribution in [3.05, 3.63) is 12.3 Å². The van der Waals surface area contributed by atoms with E-state index in [4.69, 9.17) is 0 Å². The predicted molar refractivity (Wildman–Crippen MR) is 55.3 cm³/mol. The zero-order chi connectivity index (χ0) is 8.72. The molecule has 3 unspecified atom stereocenters. The van der Waals surface area contributed by atoms with Gasteiger partial charge in [0.25, 0.3) is 0 Å². The Balaban J connectivity index is 2.08. The summed E-state index contributed by atoms with van der Waals surface area (Å²) in [6.07, 6.45) is 1.21. The van der Waals surface area contributed by atoms with Gasteiger partial charge in [-0.2, -0.15) is 11.8 Å². The zero-order valence-corrected chi connectivity index (χ0v) is 8.66. The van der Waals surface area contributed by atoms with Gasteiger partial charge in [0.05, 0.1) is 0 Å². The number of allylic oxidation sites excluding steroid dienone is 1. The molecule has 0 amide bonds. The third-order valence-corrected chi connectivity index (χ3v) is 4.77. The summed E-state index contributed by atoms with van der Waals surface area (Å²) in [5.74, 6) is 2.97. The van der Waals surface area contributed by atoms with Gasteiger partial charge in [0.1, 0.15) is 0 Å². The minimum Gasteiger partial charge on any atom is -0.385 e. The molecule has 0 saturated carbocycles. The smallest absolute Gasteiger partial charge is 0.0391 e. The molecule has 2 saturated heterocycles. The molecule has 0 aromatic heterocycles. The maximum absolute atomic E-state index is 4.01. The van der Waals surface area contributed by atoms with Crippen LogP contribution in [0, 0.1) is 11.8 Å². The van der Waals surface area contributed by atoms with Crippen LogP contribution in [-0.2, 0) is 0 Å². The summed E-state index contributed by atoms with van der Waals surface area (Å²) in [7, 11) is 0. The van der Waals surface area contributed by atoms with Gasteiger partial charge >= 0.3 is 0 Å². The summed E-state index contributed by atoms with van der Waals surface area (Å²) >= 11 is 2.14. The van der Waals surface area contributed by atoms with E-state index in [-0.39, 0.29) is 0 Å². The van der Waals surface area contributed by atoms with E-state index in [1.54, 1.807) is 0 Å². The Labute approximate surface area is 79.0 Å². The molecule has 2 aliphatic heterocycles. The van der Waals surface area contributed by atoms with Crippen molar-refractivity contribution in [2.75, 3.05) is 5.75 Å². The average Bonchev–Trinajstić information content (AvgIpc) is 2.43. The SMILES string of the molecule is C=C1CC2C(CSC2C(C)C)N1. The van der Waals surface area contributed by atoms with Crippen LogP contribution >= 0.6 is 11.8 Å². The van der Waals surface area contributed by atoms with E-state index >= 15 is 0 Å². The first-order chi connectivity index (χ1) is 5.68. The first-order valence-electron chi connectivity index (χ1n) is 4.74. The maximum Gasteiger partial charge on any atom is 0.0391 e. The van der Waals surface area contributed by atoms with Crippen molar-refractivity contribution in [3.63, 3.8) is 0 Å². The van der Waals surface area contributed by atoms with Crippen molar-refractivity contribution < 1.29 is 0 Å². The average molecular weight is 183 g/mol. The zero-order valence-electron chi connectivity index (χ0n) is 7.84. The molecule has 0 spiro atoms. The topological polar surface area (TPSA) is 12.0 Å². The molecule has 2 rings (SSSR count). The number of fused-ring (bicyclic) bond motifs is 1. The van der Waals surface area contributed by atoms with Crippen LogP contribution in [0.1, 0.15) is 20.3 Å². The number of hydrogen-bond donors (Lipinski definition) is 1. The summed E-state index contributed by atoms with van der Waals surface area (Å²) in [5.41, 5.74) is 1.26. The van der Waals surface area contributed by atoms with Gasteiger partial charge in [-0.1, -0.05) is 20.4 Å². The van der Waals surface area contributed by atoms with Crippen LogP contribution in [0.4, 0.5) is 0 Å². The molecule has 12 heavy (non-hydrogen) atoms. The Bertz CT molecular complexity index is 200. The monoisotopic (exact) mass is 183 g/mol. The van der Waals surface area contributed by atoms with Gasteiger partial charge in [-0.15, -0.1) is 0 Å². The lowest BCUT2D eigenvalue weighted by Gasteiger charge is -2.19. The van der Waals surface area contributed by atoms with Crippen LogP contribution in [0.5, 0.6) is 0 Å². The van der Waals surface area contributed by atoms with Gasteiger partial charge < -0.3 is 5.32 Å². The fourth-order valence-corrected chi connectivity index (χ4v) is 4.07. The minimum absolute atomic E-state index is 0.731. The highest BCUT2D eigenvalue weighted by atomic mass is 32.2. The second-order valence-corrected chi connectivity index (χ2v) is 5.48. The quantitative estimate of drug-likeness (QED) is 0.669. The third kappa shape index (κ3) is 1.26. The lowest BCUT2D eigenvalue weighted by molar-refractivity contribution is 0.423. The Kier molecular flexibility index (Phi) is 2.11. The van der Waals surface area contributed by atoms with Crippen LogP contribution in [0.3, 0.4) is 0 Å². The fourth-order valence-electron chi connectivity index (χ4n) is 2.39. The summed E-state index contributed by atoms with van der Waals surface area (Å²) in [6, 6.07) is 0.731. The van der Waals surface area contributed by atoms with Crippen LogP contribution in [0.15, 0.2) is 12.3 Å². The molecule has 2 heteroatoms. The van der Waals surface area contributed by atoms with E-state index < -0.39 is 0 Å². The summed E-state index contributed by atoms with van der Waals surface area (Å²) in [6.45, 7) is 8.68. The van der Waals surface area contributed by atoms with Crippen LogP contribution in [0.2, 0.25) is 0 Å². The molecular formula is C10H17NS. The van der Waals surface area contributed by atoms with Gasteiger partial charge in [-0.25, -0.2) is 0 Å². The van der Waals surface area contributed by atoms with Crippen LogP contribution in [-0.4, -0.2) is 17.0 Å². The molecule has 1 nitrogen and oxygen atoms in total. The molecule has 2 fully saturated rings. The van der Waals surface area contributed by atoms with E-state index in [0.717, 1.165) is 23.1 Å². The number of thioether (sulfide) groups is 1. The maximum atomic E-state index is 4.01. The number of rotatable bonds is 1. The molecule has 0 aromatic rings. The van der Waals surface area contributed by atoms with Crippen molar-refractivity contribution in [1.82, 2.24) is 5.32 Å². The lowest BCUT2D eigenvalue weighted by atomic mass is 9.91. The highest BCUT2D eigenvalue weighted by Crippen LogP contribution is 2.43. The van der Waals surface area contributed by atoms with E-state index in [9.17, 15) is 0 Å². The van der Waals surface area contributed by atoms with Gasteiger partial charge in [0.2, 0.25) is 0 Å². The van der Waals surface area contributed by atoms with Gasteiger partial charge in [-0.05, 0) is 18.3 Å². The standard InChI is InChI=1S/C10H17NS/c1-6(2)10-8-4-7(3)11-9(8)5-12-10/h6,8-11H,3-5H2,1-2H3. The Morgan fingerprint density at radius 1 is 1.58 bits per heavy atom. The minimum atomic E-state index is 0.731. The Morgan fingerprint density at radius 2 is 2.33 bits per heavy atom. The number of hydrogen-bond acceptors (Lipinski definition) is 2. The molecule has 0 aliphatic carbocycles. The van der Waals surface area contributed by atoms with E-state index in [1.807, 2.05) is 0 Å². The lowest BCUT2D eigenvalue weighted by Crippen LogP contribution is -2.28. The van der Waals surface area contributed by atoms with Crippen LogP contribution in [0.25, 0.3) is 0 Å². The number of nitrogens with one attached hydrogen (secondary N) is 1.